The number of pyridine rings is 1. The SMILES string of the molecule is Br.c1ccc(-c2ccccn2)cc1. The Morgan fingerprint density at radius 3 is 2.08 bits per heavy atom. The van der Waals surface area contributed by atoms with Crippen LogP contribution in [0, 0.1) is 0 Å². The van der Waals surface area contributed by atoms with Crippen LogP contribution in [-0.2, 0) is 0 Å². The van der Waals surface area contributed by atoms with Crippen LogP contribution in [-0.4, -0.2) is 4.98 Å². The molecule has 2 aromatic rings. The summed E-state index contributed by atoms with van der Waals surface area (Å²) in [7, 11) is 0. The second-order valence-electron chi connectivity index (χ2n) is 2.58. The summed E-state index contributed by atoms with van der Waals surface area (Å²) in [4.78, 5) is 4.25. The molecule has 2 heteroatoms. The Kier molecular flexibility index (Phi) is 3.65. The molecule has 1 nitrogen and oxygen atoms in total. The van der Waals surface area contributed by atoms with Crippen LogP contribution in [0.15, 0.2) is 54.7 Å². The molecule has 0 amide bonds. The standard InChI is InChI=1S/C11H9N.BrH/c1-2-6-10(7-3-1)11-8-4-5-9-12-11;/h1-9H;1H. The number of aromatic nitrogens is 1. The molecule has 0 radical (unpaired) electrons. The summed E-state index contributed by atoms with van der Waals surface area (Å²) in [6, 6.07) is 16.1. The van der Waals surface area contributed by atoms with Crippen LogP contribution >= 0.6 is 17.0 Å². The highest BCUT2D eigenvalue weighted by Crippen LogP contribution is 2.14. The highest BCUT2D eigenvalue weighted by molar-refractivity contribution is 8.93. The van der Waals surface area contributed by atoms with Gasteiger partial charge in [-0.1, -0.05) is 36.4 Å². The Morgan fingerprint density at radius 1 is 0.769 bits per heavy atom. The Balaban J connectivity index is 0.000000845. The van der Waals surface area contributed by atoms with Gasteiger partial charge in [0.25, 0.3) is 0 Å². The van der Waals surface area contributed by atoms with Crippen LogP contribution in [0.25, 0.3) is 11.3 Å². The number of benzene rings is 1. The predicted molar refractivity (Wildman–Crippen MR) is 60.0 cm³/mol. The van der Waals surface area contributed by atoms with E-state index in [0.717, 1.165) is 11.3 Å². The quantitative estimate of drug-likeness (QED) is 0.740. The molecule has 1 heterocycles. The lowest BCUT2D eigenvalue weighted by atomic mass is 10.1. The van der Waals surface area contributed by atoms with Gasteiger partial charge in [0.2, 0.25) is 0 Å². The van der Waals surface area contributed by atoms with Crippen molar-refractivity contribution in [3.63, 3.8) is 0 Å². The van der Waals surface area contributed by atoms with Gasteiger partial charge in [0.1, 0.15) is 0 Å². The van der Waals surface area contributed by atoms with Gasteiger partial charge in [0.05, 0.1) is 5.69 Å². The van der Waals surface area contributed by atoms with Gasteiger partial charge in [-0.05, 0) is 12.1 Å². The number of hydrogen-bond acceptors (Lipinski definition) is 1. The first-order valence-electron chi connectivity index (χ1n) is 3.93. The van der Waals surface area contributed by atoms with E-state index in [1.54, 1.807) is 0 Å². The average molecular weight is 236 g/mol. The van der Waals surface area contributed by atoms with E-state index in [0.29, 0.717) is 0 Å². The van der Waals surface area contributed by atoms with Crippen molar-refractivity contribution in [2.24, 2.45) is 0 Å². The molecule has 0 aliphatic heterocycles. The lowest BCUT2D eigenvalue weighted by molar-refractivity contribution is 1.33. The molecule has 0 saturated heterocycles. The van der Waals surface area contributed by atoms with E-state index < -0.39 is 0 Å². The van der Waals surface area contributed by atoms with E-state index in [1.807, 2.05) is 42.6 Å². The fraction of sp³-hybridized carbons (Fsp3) is 0. The molecule has 0 bridgehead atoms. The Hall–Kier alpha value is -1.15. The van der Waals surface area contributed by atoms with Crippen molar-refractivity contribution in [1.29, 1.82) is 0 Å². The smallest absolute Gasteiger partial charge is 0.0701 e. The molecule has 0 fully saturated rings. The van der Waals surface area contributed by atoms with Gasteiger partial charge in [-0.15, -0.1) is 17.0 Å². The number of rotatable bonds is 1. The van der Waals surface area contributed by atoms with Gasteiger partial charge in [-0.2, -0.15) is 0 Å². The maximum absolute atomic E-state index is 4.25. The first-order chi connectivity index (χ1) is 5.97. The summed E-state index contributed by atoms with van der Waals surface area (Å²) in [6.07, 6.45) is 1.81. The van der Waals surface area contributed by atoms with Gasteiger partial charge >= 0.3 is 0 Å². The summed E-state index contributed by atoms with van der Waals surface area (Å²) in [5, 5.41) is 0. The third-order valence-electron chi connectivity index (χ3n) is 1.73. The zero-order chi connectivity index (χ0) is 8.23. The maximum atomic E-state index is 4.25. The first-order valence-corrected chi connectivity index (χ1v) is 3.93. The summed E-state index contributed by atoms with van der Waals surface area (Å²) in [5.74, 6) is 0. The van der Waals surface area contributed by atoms with E-state index >= 15 is 0 Å². The summed E-state index contributed by atoms with van der Waals surface area (Å²) in [6.45, 7) is 0. The molecule has 0 N–H and O–H groups in total. The predicted octanol–water partition coefficient (Wildman–Crippen LogP) is 3.33. The maximum Gasteiger partial charge on any atom is 0.0701 e. The normalized spacial score (nSPS) is 8.92. The topological polar surface area (TPSA) is 12.9 Å². The van der Waals surface area contributed by atoms with Crippen LogP contribution in [0.3, 0.4) is 0 Å². The van der Waals surface area contributed by atoms with Crippen molar-refractivity contribution in [3.8, 4) is 11.3 Å². The molecular weight excluding hydrogens is 226 g/mol. The van der Waals surface area contributed by atoms with E-state index in [9.17, 15) is 0 Å². The van der Waals surface area contributed by atoms with Crippen molar-refractivity contribution >= 4 is 17.0 Å². The van der Waals surface area contributed by atoms with Crippen LogP contribution in [0.4, 0.5) is 0 Å². The summed E-state index contributed by atoms with van der Waals surface area (Å²) in [5.41, 5.74) is 2.19. The highest BCUT2D eigenvalue weighted by atomic mass is 79.9. The van der Waals surface area contributed by atoms with E-state index in [1.165, 1.54) is 0 Å². The van der Waals surface area contributed by atoms with Gasteiger partial charge in [0.15, 0.2) is 0 Å². The largest absolute Gasteiger partial charge is 0.256 e. The van der Waals surface area contributed by atoms with E-state index in [4.69, 9.17) is 0 Å². The minimum Gasteiger partial charge on any atom is -0.256 e. The van der Waals surface area contributed by atoms with Crippen LogP contribution in [0.2, 0.25) is 0 Å². The zero-order valence-electron chi connectivity index (χ0n) is 7.05. The van der Waals surface area contributed by atoms with Crippen molar-refractivity contribution in [2.45, 2.75) is 0 Å². The highest BCUT2D eigenvalue weighted by Gasteiger charge is 1.93. The number of halogens is 1. The van der Waals surface area contributed by atoms with Crippen molar-refractivity contribution < 1.29 is 0 Å². The van der Waals surface area contributed by atoms with Crippen molar-refractivity contribution in [2.75, 3.05) is 0 Å². The van der Waals surface area contributed by atoms with Gasteiger partial charge < -0.3 is 0 Å². The monoisotopic (exact) mass is 235 g/mol. The van der Waals surface area contributed by atoms with E-state index in [2.05, 4.69) is 17.1 Å². The van der Waals surface area contributed by atoms with Crippen molar-refractivity contribution in [1.82, 2.24) is 4.98 Å². The summed E-state index contributed by atoms with van der Waals surface area (Å²) >= 11 is 0. The molecule has 2 rings (SSSR count). The molecule has 13 heavy (non-hydrogen) atoms. The lowest BCUT2D eigenvalue weighted by Gasteiger charge is -1.97. The minimum absolute atomic E-state index is 0. The van der Waals surface area contributed by atoms with Gasteiger partial charge in [-0.3, -0.25) is 4.98 Å². The summed E-state index contributed by atoms with van der Waals surface area (Å²) < 4.78 is 0. The third kappa shape index (κ3) is 2.39. The van der Waals surface area contributed by atoms with Gasteiger partial charge in [0, 0.05) is 11.8 Å². The molecule has 0 aliphatic carbocycles. The number of hydrogen-bond donors (Lipinski definition) is 0. The molecule has 1 aromatic heterocycles. The first kappa shape index (κ1) is 9.93. The molecule has 0 atom stereocenters. The van der Waals surface area contributed by atoms with Crippen LogP contribution < -0.4 is 0 Å². The molecule has 66 valence electrons. The molecule has 0 unspecified atom stereocenters. The average Bonchev–Trinajstić information content (AvgIpc) is 2.21. The Morgan fingerprint density at radius 2 is 1.46 bits per heavy atom. The Bertz CT molecular complexity index is 307. The molecular formula is C11H10BrN. The fourth-order valence-electron chi connectivity index (χ4n) is 1.14. The fourth-order valence-corrected chi connectivity index (χ4v) is 1.14. The second-order valence-corrected chi connectivity index (χ2v) is 2.58. The van der Waals surface area contributed by atoms with Crippen LogP contribution in [0.5, 0.6) is 0 Å². The minimum atomic E-state index is 0. The zero-order valence-corrected chi connectivity index (χ0v) is 8.76. The third-order valence-corrected chi connectivity index (χ3v) is 1.73. The molecule has 0 aliphatic rings. The second kappa shape index (κ2) is 4.77. The molecule has 0 saturated carbocycles. The molecule has 1 aromatic carbocycles. The van der Waals surface area contributed by atoms with Crippen LogP contribution in [0.1, 0.15) is 0 Å². The Labute approximate surface area is 88.2 Å². The van der Waals surface area contributed by atoms with E-state index in [-0.39, 0.29) is 17.0 Å². The van der Waals surface area contributed by atoms with Gasteiger partial charge in [-0.25, -0.2) is 0 Å². The molecule has 0 spiro atoms. The lowest BCUT2D eigenvalue weighted by Crippen LogP contribution is -1.79. The number of nitrogens with zero attached hydrogens (tertiary/aromatic N) is 1. The van der Waals surface area contributed by atoms with Crippen molar-refractivity contribution in [3.05, 3.63) is 54.7 Å².